The van der Waals surface area contributed by atoms with E-state index in [1.807, 2.05) is 12.1 Å². The lowest BCUT2D eigenvalue weighted by molar-refractivity contribution is 0.108. The molecular formula is C24H33Cl2NO. The van der Waals surface area contributed by atoms with E-state index in [1.54, 1.807) is 12.1 Å². The minimum absolute atomic E-state index is 0. The third-order valence-corrected chi connectivity index (χ3v) is 5.14. The largest absolute Gasteiger partial charge is 0.385 e. The van der Waals surface area contributed by atoms with Crippen molar-refractivity contribution in [2.45, 2.75) is 64.2 Å². The van der Waals surface area contributed by atoms with Gasteiger partial charge in [0.15, 0.2) is 0 Å². The lowest BCUT2D eigenvalue weighted by Gasteiger charge is -2.07. The van der Waals surface area contributed by atoms with Crippen molar-refractivity contribution in [2.75, 3.05) is 11.9 Å². The third kappa shape index (κ3) is 10.7. The first kappa shape index (κ1) is 24.5. The number of hydrogen-bond donors (Lipinski definition) is 1. The number of carbonyl (C=O) groups excluding carboxylic acids is 1. The SMILES string of the molecule is Cl.O=C(Cl)c1ccc(NCCCCCCCCCCCc2ccccc2)cc1. The molecule has 4 heteroatoms. The highest BCUT2D eigenvalue weighted by atomic mass is 35.5. The number of carbonyl (C=O) groups is 1. The van der Waals surface area contributed by atoms with Gasteiger partial charge in [0.25, 0.3) is 5.24 Å². The number of anilines is 1. The fourth-order valence-corrected chi connectivity index (χ4v) is 3.41. The van der Waals surface area contributed by atoms with Crippen LogP contribution in [-0.2, 0) is 6.42 Å². The Balaban J connectivity index is 0.00000392. The number of hydrogen-bond acceptors (Lipinski definition) is 2. The summed E-state index contributed by atoms with van der Waals surface area (Å²) in [6.07, 6.45) is 13.1. The molecule has 2 aromatic carbocycles. The normalized spacial score (nSPS) is 10.3. The summed E-state index contributed by atoms with van der Waals surface area (Å²) in [5, 5.41) is 2.99. The molecule has 0 saturated carbocycles. The summed E-state index contributed by atoms with van der Waals surface area (Å²) in [5.41, 5.74) is 3.06. The minimum Gasteiger partial charge on any atom is -0.385 e. The first-order chi connectivity index (χ1) is 13.3. The fourth-order valence-electron chi connectivity index (χ4n) is 3.29. The van der Waals surface area contributed by atoms with Crippen molar-refractivity contribution in [1.82, 2.24) is 0 Å². The fraction of sp³-hybridized carbons (Fsp3) is 0.458. The molecule has 2 aromatic rings. The molecule has 0 aliphatic carbocycles. The number of unbranched alkanes of at least 4 members (excludes halogenated alkanes) is 8. The Kier molecular flexibility index (Phi) is 13.5. The van der Waals surface area contributed by atoms with Gasteiger partial charge < -0.3 is 5.32 Å². The zero-order valence-corrected chi connectivity index (χ0v) is 18.2. The van der Waals surface area contributed by atoms with Crippen LogP contribution in [0.5, 0.6) is 0 Å². The van der Waals surface area contributed by atoms with Crippen LogP contribution in [0.1, 0.15) is 73.7 Å². The molecule has 0 fully saturated rings. The average molecular weight is 422 g/mol. The molecule has 0 bridgehead atoms. The predicted molar refractivity (Wildman–Crippen MR) is 124 cm³/mol. The summed E-state index contributed by atoms with van der Waals surface area (Å²) in [4.78, 5) is 11.0. The van der Waals surface area contributed by atoms with Gasteiger partial charge in [0.05, 0.1) is 0 Å². The van der Waals surface area contributed by atoms with Gasteiger partial charge in [0.2, 0.25) is 0 Å². The average Bonchev–Trinajstić information content (AvgIpc) is 2.70. The van der Waals surface area contributed by atoms with E-state index in [-0.39, 0.29) is 12.4 Å². The maximum atomic E-state index is 11.0. The van der Waals surface area contributed by atoms with Gasteiger partial charge >= 0.3 is 0 Å². The Morgan fingerprint density at radius 2 is 1.25 bits per heavy atom. The maximum Gasteiger partial charge on any atom is 0.252 e. The zero-order valence-electron chi connectivity index (χ0n) is 16.7. The van der Waals surface area contributed by atoms with Crippen LogP contribution in [-0.4, -0.2) is 11.8 Å². The Morgan fingerprint density at radius 1 is 0.714 bits per heavy atom. The van der Waals surface area contributed by atoms with Crippen LogP contribution < -0.4 is 5.32 Å². The van der Waals surface area contributed by atoms with Crippen molar-refractivity contribution in [1.29, 1.82) is 0 Å². The van der Waals surface area contributed by atoms with E-state index in [1.165, 1.54) is 69.8 Å². The minimum atomic E-state index is -0.405. The highest BCUT2D eigenvalue weighted by Gasteiger charge is 2.00. The van der Waals surface area contributed by atoms with Crippen molar-refractivity contribution in [2.24, 2.45) is 0 Å². The van der Waals surface area contributed by atoms with E-state index >= 15 is 0 Å². The number of nitrogens with one attached hydrogen (secondary N) is 1. The second-order valence-corrected chi connectivity index (χ2v) is 7.54. The Labute approximate surface area is 181 Å². The van der Waals surface area contributed by atoms with E-state index in [9.17, 15) is 4.79 Å². The van der Waals surface area contributed by atoms with E-state index < -0.39 is 5.24 Å². The summed E-state index contributed by atoms with van der Waals surface area (Å²) in [6, 6.07) is 18.1. The van der Waals surface area contributed by atoms with Gasteiger partial charge in [-0.1, -0.05) is 75.3 Å². The first-order valence-corrected chi connectivity index (χ1v) is 10.7. The molecule has 154 valence electrons. The molecule has 0 saturated heterocycles. The van der Waals surface area contributed by atoms with Crippen LogP contribution in [0.4, 0.5) is 5.69 Å². The van der Waals surface area contributed by atoms with Gasteiger partial charge in [-0.05, 0) is 60.7 Å². The number of rotatable bonds is 14. The van der Waals surface area contributed by atoms with Gasteiger partial charge in [0, 0.05) is 17.8 Å². The molecule has 0 unspecified atom stereocenters. The molecule has 0 aromatic heterocycles. The van der Waals surface area contributed by atoms with E-state index in [2.05, 4.69) is 35.6 Å². The van der Waals surface area contributed by atoms with Gasteiger partial charge in [-0.2, -0.15) is 0 Å². The highest BCUT2D eigenvalue weighted by Crippen LogP contribution is 2.13. The van der Waals surface area contributed by atoms with Crippen molar-refractivity contribution >= 4 is 34.9 Å². The Morgan fingerprint density at radius 3 is 1.82 bits per heavy atom. The highest BCUT2D eigenvalue weighted by molar-refractivity contribution is 6.67. The molecular weight excluding hydrogens is 389 g/mol. The van der Waals surface area contributed by atoms with Crippen LogP contribution in [0, 0.1) is 0 Å². The second-order valence-electron chi connectivity index (χ2n) is 7.20. The van der Waals surface area contributed by atoms with Gasteiger partial charge in [0.1, 0.15) is 0 Å². The van der Waals surface area contributed by atoms with Crippen LogP contribution in [0.3, 0.4) is 0 Å². The van der Waals surface area contributed by atoms with Gasteiger partial charge in [-0.15, -0.1) is 12.4 Å². The standard InChI is InChI=1S/C24H32ClNO.ClH/c25-24(27)22-16-18-23(19-17-22)26-20-12-7-5-3-1-2-4-6-9-13-21-14-10-8-11-15-21;/h8,10-11,14-19,26H,1-7,9,12-13,20H2;1H. The molecule has 0 heterocycles. The van der Waals surface area contributed by atoms with Crippen molar-refractivity contribution < 1.29 is 4.79 Å². The van der Waals surface area contributed by atoms with Crippen LogP contribution >= 0.6 is 24.0 Å². The molecule has 2 rings (SSSR count). The molecule has 1 N–H and O–H groups in total. The van der Waals surface area contributed by atoms with Gasteiger partial charge in [-0.3, -0.25) is 4.79 Å². The molecule has 0 aliphatic rings. The number of aryl methyl sites for hydroxylation is 1. The Hall–Kier alpha value is -1.51. The quantitative estimate of drug-likeness (QED) is 0.250. The molecule has 0 amide bonds. The molecule has 2 nitrogen and oxygen atoms in total. The Bertz CT molecular complexity index is 643. The molecule has 0 radical (unpaired) electrons. The first-order valence-electron chi connectivity index (χ1n) is 10.3. The summed E-state index contributed by atoms with van der Waals surface area (Å²) >= 11 is 5.44. The van der Waals surface area contributed by atoms with Crippen molar-refractivity contribution in [3.05, 3.63) is 65.7 Å². The van der Waals surface area contributed by atoms with E-state index in [4.69, 9.17) is 11.6 Å². The number of benzene rings is 2. The lowest BCUT2D eigenvalue weighted by Crippen LogP contribution is -2.01. The zero-order chi connectivity index (χ0) is 19.2. The summed E-state index contributed by atoms with van der Waals surface area (Å²) in [7, 11) is 0. The molecule has 0 atom stereocenters. The molecule has 28 heavy (non-hydrogen) atoms. The summed E-state index contributed by atoms with van der Waals surface area (Å²) in [5.74, 6) is 0. The summed E-state index contributed by atoms with van der Waals surface area (Å²) in [6.45, 7) is 0.980. The monoisotopic (exact) mass is 421 g/mol. The van der Waals surface area contributed by atoms with Crippen LogP contribution in [0.2, 0.25) is 0 Å². The third-order valence-electron chi connectivity index (χ3n) is 4.93. The van der Waals surface area contributed by atoms with Crippen molar-refractivity contribution in [3.8, 4) is 0 Å². The van der Waals surface area contributed by atoms with Crippen molar-refractivity contribution in [3.63, 3.8) is 0 Å². The lowest BCUT2D eigenvalue weighted by atomic mass is 10.0. The number of halogens is 2. The van der Waals surface area contributed by atoms with Crippen LogP contribution in [0.25, 0.3) is 0 Å². The van der Waals surface area contributed by atoms with E-state index in [0.717, 1.165) is 12.2 Å². The molecule has 0 aliphatic heterocycles. The summed E-state index contributed by atoms with van der Waals surface area (Å²) < 4.78 is 0. The van der Waals surface area contributed by atoms with Gasteiger partial charge in [-0.25, -0.2) is 0 Å². The predicted octanol–water partition coefficient (Wildman–Crippen LogP) is 7.65. The topological polar surface area (TPSA) is 29.1 Å². The molecule has 0 spiro atoms. The van der Waals surface area contributed by atoms with E-state index in [0.29, 0.717) is 5.56 Å². The van der Waals surface area contributed by atoms with Crippen LogP contribution in [0.15, 0.2) is 54.6 Å². The smallest absolute Gasteiger partial charge is 0.252 e. The maximum absolute atomic E-state index is 11.0. The second kappa shape index (κ2) is 15.4.